The topological polar surface area (TPSA) is 34.1 Å². The molecular formula is C12H17ClO2S. The van der Waals surface area contributed by atoms with Gasteiger partial charge in [-0.05, 0) is 23.6 Å². The summed E-state index contributed by atoms with van der Waals surface area (Å²) in [5.41, 5.74) is 0.799. The van der Waals surface area contributed by atoms with Gasteiger partial charge in [-0.1, -0.05) is 44.0 Å². The van der Waals surface area contributed by atoms with Crippen LogP contribution in [0.1, 0.15) is 25.8 Å². The largest absolute Gasteiger partial charge is 0.228 e. The molecule has 1 aromatic carbocycles. The standard InChI is InChI=1S/C12H17ClO2S/c1-3-10(2)8-16(14,15)9-11-4-6-12(13)7-5-11/h4-7,10H,3,8-9H2,1-2H3/t10-/m0/s1. The van der Waals surface area contributed by atoms with Crippen LogP contribution in [0.5, 0.6) is 0 Å². The molecule has 0 fully saturated rings. The van der Waals surface area contributed by atoms with Crippen LogP contribution in [0.2, 0.25) is 5.02 Å². The van der Waals surface area contributed by atoms with E-state index in [4.69, 9.17) is 11.6 Å². The molecule has 0 unspecified atom stereocenters. The number of hydrogen-bond acceptors (Lipinski definition) is 2. The molecule has 2 nitrogen and oxygen atoms in total. The Morgan fingerprint density at radius 3 is 2.31 bits per heavy atom. The molecule has 0 amide bonds. The Labute approximate surface area is 103 Å². The van der Waals surface area contributed by atoms with Crippen molar-refractivity contribution in [2.24, 2.45) is 5.92 Å². The van der Waals surface area contributed by atoms with E-state index in [1.807, 2.05) is 13.8 Å². The van der Waals surface area contributed by atoms with Crippen LogP contribution in [0, 0.1) is 5.92 Å². The Morgan fingerprint density at radius 2 is 1.81 bits per heavy atom. The molecule has 1 rings (SSSR count). The molecule has 0 aliphatic rings. The fraction of sp³-hybridized carbons (Fsp3) is 0.500. The van der Waals surface area contributed by atoms with Crippen LogP contribution < -0.4 is 0 Å². The molecule has 90 valence electrons. The zero-order chi connectivity index (χ0) is 12.2. The van der Waals surface area contributed by atoms with Crippen molar-refractivity contribution in [1.29, 1.82) is 0 Å². The SMILES string of the molecule is CC[C@H](C)CS(=O)(=O)Cc1ccc(Cl)cc1. The van der Waals surface area contributed by atoms with Gasteiger partial charge in [-0.15, -0.1) is 0 Å². The lowest BCUT2D eigenvalue weighted by Crippen LogP contribution is -2.15. The highest BCUT2D eigenvalue weighted by Crippen LogP contribution is 2.14. The smallest absolute Gasteiger partial charge is 0.154 e. The maximum atomic E-state index is 11.8. The Balaban J connectivity index is 2.69. The van der Waals surface area contributed by atoms with Crippen LogP contribution in [-0.2, 0) is 15.6 Å². The molecule has 16 heavy (non-hydrogen) atoms. The van der Waals surface area contributed by atoms with E-state index in [-0.39, 0.29) is 17.4 Å². The highest BCUT2D eigenvalue weighted by molar-refractivity contribution is 7.90. The van der Waals surface area contributed by atoms with E-state index in [1.54, 1.807) is 24.3 Å². The lowest BCUT2D eigenvalue weighted by molar-refractivity contribution is 0.563. The summed E-state index contributed by atoms with van der Waals surface area (Å²) in [7, 11) is -3.00. The second-order valence-corrected chi connectivity index (χ2v) is 6.74. The number of benzene rings is 1. The number of rotatable bonds is 5. The van der Waals surface area contributed by atoms with Crippen LogP contribution in [0.3, 0.4) is 0 Å². The molecule has 1 aromatic rings. The third-order valence-electron chi connectivity index (χ3n) is 2.54. The van der Waals surface area contributed by atoms with Crippen molar-refractivity contribution >= 4 is 21.4 Å². The van der Waals surface area contributed by atoms with Crippen LogP contribution in [0.25, 0.3) is 0 Å². The van der Waals surface area contributed by atoms with E-state index in [0.717, 1.165) is 12.0 Å². The third kappa shape index (κ3) is 4.54. The normalized spacial score (nSPS) is 13.7. The summed E-state index contributed by atoms with van der Waals surface area (Å²) >= 11 is 5.74. The molecule has 0 aromatic heterocycles. The predicted octanol–water partition coefficient (Wildman–Crippen LogP) is 3.30. The van der Waals surface area contributed by atoms with Crippen LogP contribution in [-0.4, -0.2) is 14.2 Å². The Kier molecular flexibility index (Phi) is 4.81. The first-order valence-corrected chi connectivity index (χ1v) is 7.57. The van der Waals surface area contributed by atoms with Gasteiger partial charge in [-0.25, -0.2) is 8.42 Å². The summed E-state index contributed by atoms with van der Waals surface area (Å²) in [4.78, 5) is 0. The minimum atomic E-state index is -3.00. The van der Waals surface area contributed by atoms with E-state index in [1.165, 1.54) is 0 Å². The van der Waals surface area contributed by atoms with Crippen molar-refractivity contribution < 1.29 is 8.42 Å². The van der Waals surface area contributed by atoms with Gasteiger partial charge in [0.1, 0.15) is 0 Å². The van der Waals surface area contributed by atoms with Gasteiger partial charge in [0, 0.05) is 5.02 Å². The highest BCUT2D eigenvalue weighted by atomic mass is 35.5. The van der Waals surface area contributed by atoms with Crippen LogP contribution in [0.4, 0.5) is 0 Å². The first-order chi connectivity index (χ1) is 7.43. The lowest BCUT2D eigenvalue weighted by atomic mass is 10.2. The molecule has 0 spiro atoms. The zero-order valence-corrected chi connectivity index (χ0v) is 11.2. The molecule has 0 N–H and O–H groups in total. The second kappa shape index (κ2) is 5.69. The molecule has 0 aliphatic heterocycles. The van der Waals surface area contributed by atoms with Crippen LogP contribution in [0.15, 0.2) is 24.3 Å². The predicted molar refractivity (Wildman–Crippen MR) is 68.4 cm³/mol. The summed E-state index contributed by atoms with van der Waals surface area (Å²) in [6.45, 7) is 3.96. The van der Waals surface area contributed by atoms with Crippen molar-refractivity contribution in [2.75, 3.05) is 5.75 Å². The molecule has 0 bridgehead atoms. The lowest BCUT2D eigenvalue weighted by Gasteiger charge is -2.09. The molecule has 0 saturated carbocycles. The maximum absolute atomic E-state index is 11.8. The van der Waals surface area contributed by atoms with E-state index < -0.39 is 9.84 Å². The first kappa shape index (κ1) is 13.5. The summed E-state index contributed by atoms with van der Waals surface area (Å²) < 4.78 is 23.6. The molecule has 0 aliphatic carbocycles. The summed E-state index contributed by atoms with van der Waals surface area (Å²) in [5.74, 6) is 0.581. The molecule has 1 atom stereocenters. The zero-order valence-electron chi connectivity index (χ0n) is 9.61. The maximum Gasteiger partial charge on any atom is 0.154 e. The number of hydrogen-bond donors (Lipinski definition) is 0. The molecular weight excluding hydrogens is 244 g/mol. The van der Waals surface area contributed by atoms with Crippen molar-refractivity contribution in [3.8, 4) is 0 Å². The van der Waals surface area contributed by atoms with Gasteiger partial charge in [-0.2, -0.15) is 0 Å². The quantitative estimate of drug-likeness (QED) is 0.814. The van der Waals surface area contributed by atoms with Crippen molar-refractivity contribution in [3.63, 3.8) is 0 Å². The first-order valence-electron chi connectivity index (χ1n) is 5.38. The molecule has 4 heteroatoms. The number of halogens is 1. The Hall–Kier alpha value is -0.540. The minimum Gasteiger partial charge on any atom is -0.228 e. The summed E-state index contributed by atoms with van der Waals surface area (Å²) in [6.07, 6.45) is 0.889. The average molecular weight is 261 g/mol. The Bertz CT molecular complexity index is 423. The van der Waals surface area contributed by atoms with Gasteiger partial charge in [0.15, 0.2) is 9.84 Å². The summed E-state index contributed by atoms with van der Waals surface area (Å²) in [6, 6.07) is 6.96. The highest BCUT2D eigenvalue weighted by Gasteiger charge is 2.15. The van der Waals surface area contributed by atoms with Crippen molar-refractivity contribution in [3.05, 3.63) is 34.9 Å². The monoisotopic (exact) mass is 260 g/mol. The van der Waals surface area contributed by atoms with Gasteiger partial charge in [-0.3, -0.25) is 0 Å². The molecule has 0 heterocycles. The van der Waals surface area contributed by atoms with E-state index in [9.17, 15) is 8.42 Å². The van der Waals surface area contributed by atoms with Gasteiger partial charge >= 0.3 is 0 Å². The fourth-order valence-corrected chi connectivity index (χ4v) is 3.49. The van der Waals surface area contributed by atoms with E-state index in [0.29, 0.717) is 5.02 Å². The van der Waals surface area contributed by atoms with E-state index in [2.05, 4.69) is 0 Å². The van der Waals surface area contributed by atoms with Crippen molar-refractivity contribution in [1.82, 2.24) is 0 Å². The average Bonchev–Trinajstić information content (AvgIpc) is 2.20. The van der Waals surface area contributed by atoms with Gasteiger partial charge in [0.25, 0.3) is 0 Å². The van der Waals surface area contributed by atoms with Gasteiger partial charge < -0.3 is 0 Å². The van der Waals surface area contributed by atoms with Crippen LogP contribution >= 0.6 is 11.6 Å². The fourth-order valence-electron chi connectivity index (χ4n) is 1.44. The molecule has 0 saturated heterocycles. The second-order valence-electron chi connectivity index (χ2n) is 4.19. The van der Waals surface area contributed by atoms with Crippen molar-refractivity contribution in [2.45, 2.75) is 26.0 Å². The Morgan fingerprint density at radius 1 is 1.25 bits per heavy atom. The molecule has 0 radical (unpaired) electrons. The van der Waals surface area contributed by atoms with E-state index >= 15 is 0 Å². The van der Waals surface area contributed by atoms with Gasteiger partial charge in [0.05, 0.1) is 11.5 Å². The summed E-state index contributed by atoms with van der Waals surface area (Å²) in [5, 5.41) is 0.628. The third-order valence-corrected chi connectivity index (χ3v) is 4.64. The van der Waals surface area contributed by atoms with Gasteiger partial charge in [0.2, 0.25) is 0 Å². The minimum absolute atomic E-state index is 0.106. The number of sulfone groups is 1.